The Kier molecular flexibility index (Phi) is 2.47. The van der Waals surface area contributed by atoms with E-state index in [0.29, 0.717) is 0 Å². The molecular formula is C13H20N2. The van der Waals surface area contributed by atoms with Crippen molar-refractivity contribution in [2.75, 3.05) is 19.0 Å². The van der Waals surface area contributed by atoms with Gasteiger partial charge in [0.05, 0.1) is 0 Å². The summed E-state index contributed by atoms with van der Waals surface area (Å²) < 4.78 is 0. The number of hydrogen-bond donors (Lipinski definition) is 1. The highest BCUT2D eigenvalue weighted by atomic mass is 15.1. The van der Waals surface area contributed by atoms with E-state index in [-0.39, 0.29) is 5.54 Å². The molecule has 0 saturated heterocycles. The fourth-order valence-electron chi connectivity index (χ4n) is 2.00. The van der Waals surface area contributed by atoms with Crippen molar-refractivity contribution in [3.05, 3.63) is 29.3 Å². The summed E-state index contributed by atoms with van der Waals surface area (Å²) in [6.07, 6.45) is 3.33. The van der Waals surface area contributed by atoms with Gasteiger partial charge in [0.2, 0.25) is 0 Å². The average Bonchev–Trinajstić information content (AvgIpc) is 2.97. The first-order chi connectivity index (χ1) is 7.07. The van der Waals surface area contributed by atoms with Crippen LogP contribution in [0, 0.1) is 0 Å². The Bertz CT molecular complexity index is 365. The lowest BCUT2D eigenvalue weighted by Gasteiger charge is -2.22. The number of nitrogens with two attached hydrogens (primary N) is 1. The van der Waals surface area contributed by atoms with Gasteiger partial charge in [0.15, 0.2) is 0 Å². The maximum absolute atomic E-state index is 6.30. The zero-order valence-corrected chi connectivity index (χ0v) is 9.88. The molecule has 0 aromatic heterocycles. The van der Waals surface area contributed by atoms with E-state index in [1.165, 1.54) is 16.8 Å². The largest absolute Gasteiger partial charge is 0.377 e. The van der Waals surface area contributed by atoms with E-state index in [1.54, 1.807) is 0 Å². The van der Waals surface area contributed by atoms with Gasteiger partial charge in [-0.25, -0.2) is 0 Å². The monoisotopic (exact) mass is 204 g/mol. The molecule has 82 valence electrons. The van der Waals surface area contributed by atoms with Crippen molar-refractivity contribution in [2.45, 2.75) is 31.7 Å². The lowest BCUT2D eigenvalue weighted by atomic mass is 9.99. The van der Waals surface area contributed by atoms with Crippen LogP contribution in [0.25, 0.3) is 0 Å². The minimum atomic E-state index is -0.0369. The normalized spacial score (nSPS) is 17.6. The second-order valence-corrected chi connectivity index (χ2v) is 4.76. The van der Waals surface area contributed by atoms with E-state index < -0.39 is 0 Å². The number of nitrogens with zero attached hydrogens (tertiary/aromatic N) is 1. The second kappa shape index (κ2) is 3.53. The molecule has 0 heterocycles. The predicted molar refractivity (Wildman–Crippen MR) is 65.2 cm³/mol. The first-order valence-corrected chi connectivity index (χ1v) is 5.66. The second-order valence-electron chi connectivity index (χ2n) is 4.76. The van der Waals surface area contributed by atoms with Gasteiger partial charge in [-0.05, 0) is 36.5 Å². The van der Waals surface area contributed by atoms with Gasteiger partial charge in [-0.1, -0.05) is 19.1 Å². The molecule has 0 unspecified atom stereocenters. The van der Waals surface area contributed by atoms with E-state index in [9.17, 15) is 0 Å². The third-order valence-electron chi connectivity index (χ3n) is 3.28. The van der Waals surface area contributed by atoms with Gasteiger partial charge in [-0.15, -0.1) is 0 Å². The molecule has 1 saturated carbocycles. The minimum absolute atomic E-state index is 0.0369. The Morgan fingerprint density at radius 1 is 1.33 bits per heavy atom. The SMILES string of the molecule is CCc1ccc(N(C)C)c(C2(N)CC2)c1. The molecule has 1 aromatic rings. The molecule has 2 heteroatoms. The molecule has 2 nitrogen and oxygen atoms in total. The Morgan fingerprint density at radius 2 is 2.00 bits per heavy atom. The molecule has 0 radical (unpaired) electrons. The first-order valence-electron chi connectivity index (χ1n) is 5.66. The Balaban J connectivity index is 2.46. The molecule has 1 aliphatic carbocycles. The van der Waals surface area contributed by atoms with Gasteiger partial charge < -0.3 is 10.6 Å². The molecule has 1 aliphatic rings. The van der Waals surface area contributed by atoms with E-state index in [1.807, 2.05) is 0 Å². The molecule has 2 N–H and O–H groups in total. The number of anilines is 1. The van der Waals surface area contributed by atoms with Crippen LogP contribution in [0.5, 0.6) is 0 Å². The van der Waals surface area contributed by atoms with Crippen molar-refractivity contribution < 1.29 is 0 Å². The van der Waals surface area contributed by atoms with Crippen molar-refractivity contribution in [3.63, 3.8) is 0 Å². The van der Waals surface area contributed by atoms with E-state index >= 15 is 0 Å². The number of aryl methyl sites for hydroxylation is 1. The standard InChI is InChI=1S/C13H20N2/c1-4-10-5-6-12(15(2)3)11(9-10)13(14)7-8-13/h5-6,9H,4,7-8,14H2,1-3H3. The fourth-order valence-corrected chi connectivity index (χ4v) is 2.00. The summed E-state index contributed by atoms with van der Waals surface area (Å²) in [5.74, 6) is 0. The van der Waals surface area contributed by atoms with Crippen molar-refractivity contribution in [1.82, 2.24) is 0 Å². The lowest BCUT2D eigenvalue weighted by molar-refractivity contribution is 0.735. The molecule has 1 aromatic carbocycles. The van der Waals surface area contributed by atoms with E-state index in [2.05, 4.69) is 44.1 Å². The molecule has 15 heavy (non-hydrogen) atoms. The Morgan fingerprint density at radius 3 is 2.47 bits per heavy atom. The van der Waals surface area contributed by atoms with E-state index in [0.717, 1.165) is 19.3 Å². The van der Waals surface area contributed by atoms with E-state index in [4.69, 9.17) is 5.73 Å². The Labute approximate surface area is 92.1 Å². The van der Waals surface area contributed by atoms with Crippen LogP contribution in [0.2, 0.25) is 0 Å². The zero-order valence-electron chi connectivity index (χ0n) is 9.88. The van der Waals surface area contributed by atoms with Crippen LogP contribution < -0.4 is 10.6 Å². The van der Waals surface area contributed by atoms with Gasteiger partial charge >= 0.3 is 0 Å². The molecule has 2 rings (SSSR count). The van der Waals surface area contributed by atoms with Gasteiger partial charge in [0, 0.05) is 25.3 Å². The van der Waals surface area contributed by atoms with Crippen LogP contribution in [0.3, 0.4) is 0 Å². The van der Waals surface area contributed by atoms with Crippen molar-refractivity contribution in [1.29, 1.82) is 0 Å². The topological polar surface area (TPSA) is 29.3 Å². The molecule has 0 atom stereocenters. The number of benzene rings is 1. The predicted octanol–water partition coefficient (Wildman–Crippen LogP) is 2.26. The van der Waals surface area contributed by atoms with Crippen LogP contribution >= 0.6 is 0 Å². The number of rotatable bonds is 3. The summed E-state index contributed by atoms with van der Waals surface area (Å²) in [6, 6.07) is 6.67. The van der Waals surface area contributed by atoms with Crippen LogP contribution in [0.1, 0.15) is 30.9 Å². The van der Waals surface area contributed by atoms with Gasteiger partial charge in [-0.2, -0.15) is 0 Å². The van der Waals surface area contributed by atoms with Gasteiger partial charge in [0.1, 0.15) is 0 Å². The minimum Gasteiger partial charge on any atom is -0.377 e. The number of hydrogen-bond acceptors (Lipinski definition) is 2. The summed E-state index contributed by atoms with van der Waals surface area (Å²) in [4.78, 5) is 2.15. The summed E-state index contributed by atoms with van der Waals surface area (Å²) in [5, 5.41) is 0. The first kappa shape index (κ1) is 10.5. The van der Waals surface area contributed by atoms with Gasteiger partial charge in [0.25, 0.3) is 0 Å². The molecule has 0 spiro atoms. The molecule has 1 fully saturated rings. The van der Waals surface area contributed by atoms with Crippen LogP contribution in [-0.4, -0.2) is 14.1 Å². The Hall–Kier alpha value is -1.02. The summed E-state index contributed by atoms with van der Waals surface area (Å²) in [7, 11) is 4.16. The van der Waals surface area contributed by atoms with Crippen molar-refractivity contribution in [2.24, 2.45) is 5.73 Å². The zero-order chi connectivity index (χ0) is 11.1. The van der Waals surface area contributed by atoms with Gasteiger partial charge in [-0.3, -0.25) is 0 Å². The van der Waals surface area contributed by atoms with Crippen LogP contribution in [0.15, 0.2) is 18.2 Å². The summed E-state index contributed by atoms with van der Waals surface area (Å²) >= 11 is 0. The highest BCUT2D eigenvalue weighted by Gasteiger charge is 2.41. The molecule has 0 aliphatic heterocycles. The van der Waals surface area contributed by atoms with Crippen LogP contribution in [-0.2, 0) is 12.0 Å². The fraction of sp³-hybridized carbons (Fsp3) is 0.538. The van der Waals surface area contributed by atoms with Crippen molar-refractivity contribution in [3.8, 4) is 0 Å². The smallest absolute Gasteiger partial charge is 0.0432 e. The lowest BCUT2D eigenvalue weighted by Crippen LogP contribution is -2.23. The van der Waals surface area contributed by atoms with Crippen molar-refractivity contribution >= 4 is 5.69 Å². The average molecular weight is 204 g/mol. The maximum Gasteiger partial charge on any atom is 0.0432 e. The third kappa shape index (κ3) is 1.86. The quantitative estimate of drug-likeness (QED) is 0.818. The molecule has 0 bridgehead atoms. The summed E-state index contributed by atoms with van der Waals surface area (Å²) in [6.45, 7) is 2.19. The summed E-state index contributed by atoms with van der Waals surface area (Å²) in [5.41, 5.74) is 10.2. The highest BCUT2D eigenvalue weighted by Crippen LogP contribution is 2.46. The van der Waals surface area contributed by atoms with Crippen LogP contribution in [0.4, 0.5) is 5.69 Å². The molecule has 0 amide bonds. The molecular weight excluding hydrogens is 184 g/mol. The highest BCUT2D eigenvalue weighted by molar-refractivity contribution is 5.58. The third-order valence-corrected chi connectivity index (χ3v) is 3.28. The maximum atomic E-state index is 6.30.